The van der Waals surface area contributed by atoms with Gasteiger partial charge in [0, 0.05) is 0 Å². The molecule has 66 heavy (non-hydrogen) atoms. The summed E-state index contributed by atoms with van der Waals surface area (Å²) in [5.74, 6) is -13.1. The third kappa shape index (κ3) is 21.3. The van der Waals surface area contributed by atoms with Crippen LogP contribution in [0.4, 0.5) is 0 Å². The fourth-order valence-corrected chi connectivity index (χ4v) is 6.08. The van der Waals surface area contributed by atoms with Crippen LogP contribution in [0, 0.1) is 17.8 Å². The van der Waals surface area contributed by atoms with E-state index in [4.69, 9.17) is 22.9 Å². The molecule has 26 nitrogen and oxygen atoms in total. The van der Waals surface area contributed by atoms with E-state index < -0.39 is 163 Å². The molecule has 0 rings (SSSR count). The molecule has 0 aliphatic rings. The predicted molar refractivity (Wildman–Crippen MR) is 235 cm³/mol. The van der Waals surface area contributed by atoms with Gasteiger partial charge < -0.3 is 80.8 Å². The molecule has 0 saturated carbocycles. The summed E-state index contributed by atoms with van der Waals surface area (Å²) in [5.41, 5.74) is 21.5. The van der Waals surface area contributed by atoms with Gasteiger partial charge in [-0.05, 0) is 57.4 Å². The molecule has 19 N–H and O–H groups in total. The summed E-state index contributed by atoms with van der Waals surface area (Å²) in [5, 5.41) is 49.3. The van der Waals surface area contributed by atoms with Crippen LogP contribution in [0.5, 0.6) is 0 Å². The Morgan fingerprint density at radius 2 is 0.924 bits per heavy atom. The molecule has 0 aromatic rings. The number of carboxylic acids is 1. The van der Waals surface area contributed by atoms with Crippen molar-refractivity contribution < 1.29 is 68.1 Å². The van der Waals surface area contributed by atoms with Crippen LogP contribution in [0.1, 0.15) is 93.9 Å². The Balaban J connectivity index is 6.18. The maximum Gasteiger partial charge on any atom is 0.326 e. The summed E-state index contributed by atoms with van der Waals surface area (Å²) in [7, 11) is 0. The molecule has 0 spiro atoms. The van der Waals surface area contributed by atoms with Gasteiger partial charge in [-0.15, -0.1) is 0 Å². The summed E-state index contributed by atoms with van der Waals surface area (Å²) >= 11 is 0. The predicted octanol–water partition coefficient (Wildman–Crippen LogP) is -6.09. The van der Waals surface area contributed by atoms with Gasteiger partial charge in [-0.2, -0.15) is 0 Å². The number of carbonyl (C=O) groups excluding carboxylic acids is 10. The molecular weight excluding hydrogens is 873 g/mol. The van der Waals surface area contributed by atoms with Crippen molar-refractivity contribution in [1.82, 2.24) is 42.5 Å². The highest BCUT2D eigenvalue weighted by molar-refractivity contribution is 5.99. The van der Waals surface area contributed by atoms with E-state index in [0.717, 1.165) is 6.92 Å². The van der Waals surface area contributed by atoms with Crippen molar-refractivity contribution in [3.05, 3.63) is 0 Å². The van der Waals surface area contributed by atoms with E-state index in [-0.39, 0.29) is 12.8 Å². The zero-order valence-electron chi connectivity index (χ0n) is 38.8. The smallest absolute Gasteiger partial charge is 0.326 e. The third-order valence-electron chi connectivity index (χ3n) is 10.2. The number of amides is 10. The number of nitrogens with one attached hydrogen (secondary N) is 8. The third-order valence-corrected chi connectivity index (χ3v) is 10.2. The molecule has 11 atom stereocenters. The van der Waals surface area contributed by atoms with E-state index in [2.05, 4.69) is 42.5 Å². The summed E-state index contributed by atoms with van der Waals surface area (Å²) in [6, 6.07) is -12.0. The first kappa shape index (κ1) is 60.0. The standard InChI is InChI=1S/C40H72N12O14/c1-9-19(6)30(50-39(64)32(21(8)54)51-36(61)29(18(4)5)48-33(58)22(42)14-25(43)55)37(62)52-31(20(7)53)38(63)49-28(17(2)3)35(60)47-24(15-26(44)56)34(59)45-16-27(57)46-23(40(65)66)12-10-11-13-41/h17-24,28-32,53-54H,9-16,41-42H2,1-8H3,(H2,43,55)(H2,44,56)(H,45,59)(H,46,57)(H,47,60)(H,48,58)(H,49,63)(H,50,64)(H,51,61)(H,52,62)(H,65,66)/t19-,20+,21+,22-,23-,24-,28-,29-,30-,31-,32-/m0/s1. The summed E-state index contributed by atoms with van der Waals surface area (Å²) in [6.07, 6.45) is -3.21. The van der Waals surface area contributed by atoms with Gasteiger partial charge in [0.25, 0.3) is 0 Å². The number of aliphatic hydroxyl groups excluding tert-OH is 2. The largest absolute Gasteiger partial charge is 0.480 e. The number of aliphatic carboxylic acids is 1. The minimum Gasteiger partial charge on any atom is -0.480 e. The van der Waals surface area contributed by atoms with Gasteiger partial charge in [0.2, 0.25) is 59.1 Å². The molecule has 0 saturated heterocycles. The number of hydrogen-bond donors (Lipinski definition) is 15. The number of aliphatic hydroxyl groups is 2. The minimum absolute atomic E-state index is 0.0680. The lowest BCUT2D eigenvalue weighted by molar-refractivity contribution is -0.142. The number of unbranched alkanes of at least 4 members (excludes halogenated alkanes) is 1. The average molecular weight is 945 g/mol. The molecule has 0 radical (unpaired) electrons. The molecule has 0 aromatic heterocycles. The van der Waals surface area contributed by atoms with Crippen LogP contribution < -0.4 is 65.5 Å². The summed E-state index contributed by atoms with van der Waals surface area (Å²) in [6.45, 7) is 11.3. The molecular formula is C40H72N12O14. The number of nitrogens with two attached hydrogens (primary N) is 4. The van der Waals surface area contributed by atoms with Crippen LogP contribution in [-0.2, 0) is 52.7 Å². The van der Waals surface area contributed by atoms with Crippen LogP contribution in [-0.4, -0.2) is 154 Å². The zero-order valence-corrected chi connectivity index (χ0v) is 38.8. The molecule has 0 aliphatic heterocycles. The van der Waals surface area contributed by atoms with Crippen molar-refractivity contribution in [3.63, 3.8) is 0 Å². The van der Waals surface area contributed by atoms with Gasteiger partial charge >= 0.3 is 5.97 Å². The van der Waals surface area contributed by atoms with Crippen LogP contribution >= 0.6 is 0 Å². The van der Waals surface area contributed by atoms with Crippen LogP contribution in [0.25, 0.3) is 0 Å². The van der Waals surface area contributed by atoms with Crippen molar-refractivity contribution in [1.29, 1.82) is 0 Å². The second-order valence-corrected chi connectivity index (χ2v) is 16.8. The van der Waals surface area contributed by atoms with Crippen molar-refractivity contribution in [2.24, 2.45) is 40.7 Å². The lowest BCUT2D eigenvalue weighted by atomic mass is 9.96. The van der Waals surface area contributed by atoms with Gasteiger partial charge in [0.05, 0.1) is 37.6 Å². The second-order valence-electron chi connectivity index (χ2n) is 16.8. The molecule has 0 aromatic carbocycles. The number of rotatable bonds is 31. The molecule has 0 aliphatic carbocycles. The Labute approximate surface area is 383 Å². The first-order chi connectivity index (χ1) is 30.6. The number of carbonyl (C=O) groups is 11. The van der Waals surface area contributed by atoms with Gasteiger partial charge in [-0.1, -0.05) is 48.0 Å². The van der Waals surface area contributed by atoms with Gasteiger partial charge in [0.1, 0.15) is 42.3 Å². The lowest BCUT2D eigenvalue weighted by Crippen LogP contribution is -2.64. The highest BCUT2D eigenvalue weighted by atomic mass is 16.4. The second kappa shape index (κ2) is 29.5. The fourth-order valence-electron chi connectivity index (χ4n) is 6.08. The number of carboxylic acid groups (broad SMARTS) is 1. The lowest BCUT2D eigenvalue weighted by Gasteiger charge is -2.31. The van der Waals surface area contributed by atoms with Crippen molar-refractivity contribution in [2.45, 2.75) is 154 Å². The Bertz CT molecular complexity index is 1710. The van der Waals surface area contributed by atoms with Crippen molar-refractivity contribution in [3.8, 4) is 0 Å². The average Bonchev–Trinajstić information content (AvgIpc) is 3.21. The zero-order chi connectivity index (χ0) is 51.2. The maximum absolute atomic E-state index is 13.8. The van der Waals surface area contributed by atoms with Crippen molar-refractivity contribution >= 4 is 65.0 Å². The fraction of sp³-hybridized carbons (Fsp3) is 0.725. The Morgan fingerprint density at radius 3 is 1.33 bits per heavy atom. The van der Waals surface area contributed by atoms with Gasteiger partial charge in [0.15, 0.2) is 0 Å². The van der Waals surface area contributed by atoms with Gasteiger partial charge in [-0.25, -0.2) is 4.79 Å². The first-order valence-corrected chi connectivity index (χ1v) is 21.6. The Kier molecular flexibility index (Phi) is 26.8. The molecule has 0 unspecified atom stereocenters. The molecule has 0 fully saturated rings. The quantitative estimate of drug-likeness (QED) is 0.0288. The Morgan fingerprint density at radius 1 is 0.515 bits per heavy atom. The topological polar surface area (TPSA) is 449 Å². The summed E-state index contributed by atoms with van der Waals surface area (Å²) in [4.78, 5) is 141. The number of primary amides is 2. The molecule has 10 amide bonds. The highest BCUT2D eigenvalue weighted by Gasteiger charge is 2.38. The molecule has 0 bridgehead atoms. The monoisotopic (exact) mass is 945 g/mol. The normalized spacial score (nSPS) is 16.2. The SMILES string of the molecule is CC[C@H](C)[C@H](NC(=O)[C@@H](NC(=O)[C@@H](NC(=O)[C@@H](N)CC(N)=O)C(C)C)[C@@H](C)O)C(=O)N[C@H](C(=O)N[C@H](C(=O)N[C@@H](CC(N)=O)C(=O)NCC(=O)N[C@@H](CCCCN)C(=O)O)C(C)C)[C@@H](C)O. The van der Waals surface area contributed by atoms with E-state index >= 15 is 0 Å². The van der Waals surface area contributed by atoms with E-state index in [1.165, 1.54) is 20.8 Å². The molecule has 26 heteroatoms. The van der Waals surface area contributed by atoms with Crippen molar-refractivity contribution in [2.75, 3.05) is 13.1 Å². The van der Waals surface area contributed by atoms with Crippen LogP contribution in [0.2, 0.25) is 0 Å². The highest BCUT2D eigenvalue weighted by Crippen LogP contribution is 2.12. The van der Waals surface area contributed by atoms with E-state index in [1.54, 1.807) is 27.7 Å². The van der Waals surface area contributed by atoms with Gasteiger partial charge in [-0.3, -0.25) is 47.9 Å². The molecule has 376 valence electrons. The number of hydrogen-bond acceptors (Lipinski definition) is 15. The Hall–Kier alpha value is -5.99. The first-order valence-electron chi connectivity index (χ1n) is 21.6. The van der Waals surface area contributed by atoms with Crippen LogP contribution in [0.3, 0.4) is 0 Å². The molecule has 0 heterocycles. The van der Waals surface area contributed by atoms with E-state index in [0.29, 0.717) is 19.4 Å². The maximum atomic E-state index is 13.8. The minimum atomic E-state index is -1.77. The van der Waals surface area contributed by atoms with E-state index in [9.17, 15) is 68.1 Å². The van der Waals surface area contributed by atoms with E-state index in [1.807, 2.05) is 0 Å². The van der Waals surface area contributed by atoms with Crippen LogP contribution in [0.15, 0.2) is 0 Å². The summed E-state index contributed by atoms with van der Waals surface area (Å²) < 4.78 is 0.